The van der Waals surface area contributed by atoms with Gasteiger partial charge in [-0.15, -0.1) is 0 Å². The van der Waals surface area contributed by atoms with Gasteiger partial charge in [0.05, 0.1) is 5.41 Å². The van der Waals surface area contributed by atoms with Crippen LogP contribution in [0, 0.1) is 44.3 Å². The number of nitrogens with two attached hydrogens (primary N) is 1. The highest BCUT2D eigenvalue weighted by atomic mass is 16.4. The SMILES string of the molecule is C=C1C=C2[C@@](C)(CC[C@@]3(C)CC[C@](C)(C(=O)O)C[C@]23N)[C@]2(C)CC[C@H]3C(C)(C)C(=O)CC[C@]3(C)C12. The normalized spacial score (nSPS) is 53.0. The second-order valence-corrected chi connectivity index (χ2v) is 15.1. The Bertz CT molecular complexity index is 1060. The summed E-state index contributed by atoms with van der Waals surface area (Å²) in [5.41, 5.74) is 7.98. The Morgan fingerprint density at radius 1 is 1.00 bits per heavy atom. The summed E-state index contributed by atoms with van der Waals surface area (Å²) >= 11 is 0. The minimum absolute atomic E-state index is 0.0132. The van der Waals surface area contributed by atoms with Crippen LogP contribution in [-0.2, 0) is 9.59 Å². The van der Waals surface area contributed by atoms with E-state index in [0.29, 0.717) is 36.9 Å². The van der Waals surface area contributed by atoms with Crippen molar-refractivity contribution in [1.82, 2.24) is 0 Å². The third-order valence-electron chi connectivity index (χ3n) is 13.2. The number of aliphatic carboxylic acids is 1. The third-order valence-corrected chi connectivity index (χ3v) is 13.2. The average Bonchev–Trinajstić information content (AvgIpc) is 2.74. The van der Waals surface area contributed by atoms with E-state index in [-0.39, 0.29) is 27.1 Å². The van der Waals surface area contributed by atoms with Crippen molar-refractivity contribution in [2.24, 2.45) is 50.1 Å². The number of hydrogen-bond donors (Lipinski definition) is 2. The molecule has 4 nitrogen and oxygen atoms in total. The lowest BCUT2D eigenvalue weighted by Crippen LogP contribution is -2.71. The van der Waals surface area contributed by atoms with E-state index in [9.17, 15) is 14.7 Å². The van der Waals surface area contributed by atoms with Gasteiger partial charge in [-0.3, -0.25) is 9.59 Å². The topological polar surface area (TPSA) is 80.4 Å². The lowest BCUT2D eigenvalue weighted by Gasteiger charge is -2.72. The van der Waals surface area contributed by atoms with Gasteiger partial charge in [-0.1, -0.05) is 59.8 Å². The maximum atomic E-state index is 13.0. The lowest BCUT2D eigenvalue weighted by molar-refractivity contribution is -0.177. The molecule has 0 aromatic rings. The van der Waals surface area contributed by atoms with Gasteiger partial charge in [0.15, 0.2) is 0 Å². The van der Waals surface area contributed by atoms with Crippen molar-refractivity contribution >= 4 is 11.8 Å². The van der Waals surface area contributed by atoms with Gasteiger partial charge in [0, 0.05) is 17.4 Å². The molecule has 3 N–H and O–H groups in total. The van der Waals surface area contributed by atoms with Crippen molar-refractivity contribution in [1.29, 1.82) is 0 Å². The van der Waals surface area contributed by atoms with Crippen molar-refractivity contribution in [2.45, 2.75) is 112 Å². The summed E-state index contributed by atoms with van der Waals surface area (Å²) in [4.78, 5) is 25.3. The highest BCUT2D eigenvalue weighted by Crippen LogP contribution is 2.76. The van der Waals surface area contributed by atoms with Crippen LogP contribution in [0.5, 0.6) is 0 Å². The molecule has 5 rings (SSSR count). The molecule has 1 unspecified atom stereocenters. The zero-order valence-electron chi connectivity index (χ0n) is 23.1. The Morgan fingerprint density at radius 3 is 2.26 bits per heavy atom. The van der Waals surface area contributed by atoms with Crippen molar-refractivity contribution in [3.05, 3.63) is 23.8 Å². The van der Waals surface area contributed by atoms with E-state index in [1.165, 1.54) is 5.57 Å². The number of carbonyl (C=O) groups excluding carboxylic acids is 1. The maximum Gasteiger partial charge on any atom is 0.309 e. The fraction of sp³-hybridized carbons (Fsp3) is 0.806. The first kappa shape index (κ1) is 25.2. The van der Waals surface area contributed by atoms with Gasteiger partial charge >= 0.3 is 5.97 Å². The highest BCUT2D eigenvalue weighted by Gasteiger charge is 2.71. The fourth-order valence-corrected chi connectivity index (χ4v) is 10.6. The zero-order valence-corrected chi connectivity index (χ0v) is 23.1. The molecule has 4 saturated carbocycles. The molecule has 0 saturated heterocycles. The van der Waals surface area contributed by atoms with Crippen LogP contribution in [-0.4, -0.2) is 22.4 Å². The predicted molar refractivity (Wildman–Crippen MR) is 140 cm³/mol. The number of hydrogen-bond acceptors (Lipinski definition) is 3. The molecule has 0 radical (unpaired) electrons. The van der Waals surface area contributed by atoms with Crippen molar-refractivity contribution < 1.29 is 14.7 Å². The molecule has 5 aliphatic rings. The minimum atomic E-state index is -0.802. The summed E-state index contributed by atoms with van der Waals surface area (Å²) in [6.45, 7) is 20.6. The third kappa shape index (κ3) is 2.79. The monoisotopic (exact) mass is 481 g/mol. The van der Waals surface area contributed by atoms with Crippen LogP contribution in [0.3, 0.4) is 0 Å². The van der Waals surface area contributed by atoms with Crippen LogP contribution in [0.2, 0.25) is 0 Å². The lowest BCUT2D eigenvalue weighted by atomic mass is 9.32. The van der Waals surface area contributed by atoms with E-state index in [2.05, 4.69) is 47.6 Å². The van der Waals surface area contributed by atoms with E-state index < -0.39 is 16.9 Å². The molecule has 4 heteroatoms. The van der Waals surface area contributed by atoms with Crippen LogP contribution >= 0.6 is 0 Å². The van der Waals surface area contributed by atoms with E-state index in [1.807, 2.05) is 6.92 Å². The molecule has 5 aliphatic carbocycles. The first-order chi connectivity index (χ1) is 15.9. The molecule has 0 aliphatic heterocycles. The summed E-state index contributed by atoms with van der Waals surface area (Å²) < 4.78 is 0. The van der Waals surface area contributed by atoms with Gasteiger partial charge in [-0.05, 0) is 97.4 Å². The fourth-order valence-electron chi connectivity index (χ4n) is 10.6. The molecule has 0 aromatic heterocycles. The molecule has 4 fully saturated rings. The number of ketones is 1. The summed E-state index contributed by atoms with van der Waals surface area (Å²) in [6.07, 6.45) is 10.2. The number of carboxylic acids is 1. The Balaban J connectivity index is 1.67. The average molecular weight is 482 g/mol. The van der Waals surface area contributed by atoms with Gasteiger partial charge in [0.2, 0.25) is 0 Å². The summed E-state index contributed by atoms with van der Waals surface area (Å²) in [5, 5.41) is 10.2. The molecule has 35 heavy (non-hydrogen) atoms. The Kier molecular flexibility index (Phi) is 4.98. The number of Topliss-reactive ketones (excluding diaryl/α,β-unsaturated/α-hetero) is 1. The number of carboxylic acid groups (broad SMARTS) is 1. The molecule has 194 valence electrons. The number of carbonyl (C=O) groups is 2. The van der Waals surface area contributed by atoms with Crippen LogP contribution in [0.15, 0.2) is 23.8 Å². The number of allylic oxidation sites excluding steroid dienone is 2. The van der Waals surface area contributed by atoms with Gasteiger partial charge < -0.3 is 10.8 Å². The van der Waals surface area contributed by atoms with Gasteiger partial charge in [-0.25, -0.2) is 0 Å². The van der Waals surface area contributed by atoms with E-state index in [4.69, 9.17) is 12.3 Å². The van der Waals surface area contributed by atoms with Crippen LogP contribution in [0.25, 0.3) is 0 Å². The van der Waals surface area contributed by atoms with Gasteiger partial charge in [-0.2, -0.15) is 0 Å². The largest absolute Gasteiger partial charge is 0.481 e. The number of fused-ring (bicyclic) bond motifs is 7. The first-order valence-electron chi connectivity index (χ1n) is 13.9. The van der Waals surface area contributed by atoms with Crippen molar-refractivity contribution in [2.75, 3.05) is 0 Å². The molecule has 8 atom stereocenters. The van der Waals surface area contributed by atoms with Crippen LogP contribution in [0.1, 0.15) is 106 Å². The van der Waals surface area contributed by atoms with Crippen molar-refractivity contribution in [3.63, 3.8) is 0 Å². The standard InChI is InChI=1S/C31H47NO3/c1-19-17-21-29(7,16-15-27(5)14-13-26(4,24(34)35)18-31(21,27)32)30(8)12-9-20-25(2,3)22(33)10-11-28(20,6)23(19)30/h17,20,23H,1,9-16,18,32H2,2-8H3,(H,34,35)/t20-,23?,26-,27+,28-,29+,30+,31-/m0/s1. The Hall–Kier alpha value is -1.42. The molecule has 0 spiro atoms. The molecule has 0 aromatic carbocycles. The maximum absolute atomic E-state index is 13.0. The first-order valence-corrected chi connectivity index (χ1v) is 13.9. The molecule has 0 heterocycles. The zero-order chi connectivity index (χ0) is 26.0. The summed E-state index contributed by atoms with van der Waals surface area (Å²) in [7, 11) is 0. The quantitative estimate of drug-likeness (QED) is 0.437. The second kappa shape index (κ2) is 6.91. The number of rotatable bonds is 1. The smallest absolute Gasteiger partial charge is 0.309 e. The van der Waals surface area contributed by atoms with Gasteiger partial charge in [0.1, 0.15) is 5.78 Å². The second-order valence-electron chi connectivity index (χ2n) is 15.1. The minimum Gasteiger partial charge on any atom is -0.481 e. The molecular weight excluding hydrogens is 434 g/mol. The Morgan fingerprint density at radius 2 is 1.63 bits per heavy atom. The molecule has 0 bridgehead atoms. The van der Waals surface area contributed by atoms with E-state index in [1.54, 1.807) is 0 Å². The molecule has 0 amide bonds. The summed E-state index contributed by atoms with van der Waals surface area (Å²) in [5.74, 6) is 0.350. The van der Waals surface area contributed by atoms with E-state index >= 15 is 0 Å². The van der Waals surface area contributed by atoms with Crippen LogP contribution in [0.4, 0.5) is 0 Å². The molecular formula is C31H47NO3. The predicted octanol–water partition coefficient (Wildman–Crippen LogP) is 6.69. The summed E-state index contributed by atoms with van der Waals surface area (Å²) in [6, 6.07) is 0. The van der Waals surface area contributed by atoms with Crippen molar-refractivity contribution in [3.8, 4) is 0 Å². The van der Waals surface area contributed by atoms with E-state index in [0.717, 1.165) is 44.1 Å². The highest BCUT2D eigenvalue weighted by molar-refractivity contribution is 5.85. The Labute approximate surface area is 212 Å². The van der Waals surface area contributed by atoms with Crippen LogP contribution < -0.4 is 5.73 Å². The van der Waals surface area contributed by atoms with Gasteiger partial charge in [0.25, 0.3) is 0 Å².